The Morgan fingerprint density at radius 3 is 2.71 bits per heavy atom. The fourth-order valence-electron chi connectivity index (χ4n) is 3.99. The number of hydrogen-bond donors (Lipinski definition) is 2. The Hall–Kier alpha value is -3.30. The van der Waals surface area contributed by atoms with E-state index in [0.717, 1.165) is 47.9 Å². The first-order chi connectivity index (χ1) is 15.1. The standard InChI is InChI=1S/C21H27N9O/c1-3-30-19(15-9-22-13(2)23-10-15)28-17-18(25-12-26-20(17)30)27-16-6-7-29(11-16)21(31)24-8-14-4-5-14/h9-10,12,14,16H,3-8,11H2,1-2H3,(H,24,31)(H,25,26,27). The molecule has 1 aliphatic heterocycles. The molecule has 0 radical (unpaired) electrons. The van der Waals surface area contributed by atoms with Crippen molar-refractivity contribution in [2.45, 2.75) is 45.7 Å². The zero-order chi connectivity index (χ0) is 21.4. The lowest BCUT2D eigenvalue weighted by Gasteiger charge is -2.18. The van der Waals surface area contributed by atoms with Crippen molar-refractivity contribution in [3.63, 3.8) is 0 Å². The van der Waals surface area contributed by atoms with E-state index in [-0.39, 0.29) is 12.1 Å². The molecule has 2 amide bonds. The second-order valence-corrected chi connectivity index (χ2v) is 8.30. The van der Waals surface area contributed by atoms with Crippen molar-refractivity contribution in [2.24, 2.45) is 5.92 Å². The Balaban J connectivity index is 1.35. The summed E-state index contributed by atoms with van der Waals surface area (Å²) in [6.07, 6.45) is 8.46. The van der Waals surface area contributed by atoms with Gasteiger partial charge in [-0.3, -0.25) is 0 Å². The van der Waals surface area contributed by atoms with Gasteiger partial charge in [0.15, 0.2) is 17.0 Å². The highest BCUT2D eigenvalue weighted by atomic mass is 16.2. The predicted molar refractivity (Wildman–Crippen MR) is 116 cm³/mol. The molecule has 0 aromatic carbocycles. The molecule has 3 aromatic rings. The van der Waals surface area contributed by atoms with E-state index in [2.05, 4.69) is 37.5 Å². The van der Waals surface area contributed by atoms with E-state index >= 15 is 0 Å². The van der Waals surface area contributed by atoms with Crippen LogP contribution < -0.4 is 10.6 Å². The van der Waals surface area contributed by atoms with Crippen LogP contribution in [0.2, 0.25) is 0 Å². The van der Waals surface area contributed by atoms with Crippen LogP contribution in [0.5, 0.6) is 0 Å². The maximum atomic E-state index is 12.4. The minimum atomic E-state index is 0.0287. The molecule has 31 heavy (non-hydrogen) atoms. The van der Waals surface area contributed by atoms with E-state index in [9.17, 15) is 4.79 Å². The monoisotopic (exact) mass is 421 g/mol. The van der Waals surface area contributed by atoms with Gasteiger partial charge in [-0.2, -0.15) is 0 Å². The van der Waals surface area contributed by atoms with E-state index in [1.165, 1.54) is 12.8 Å². The largest absolute Gasteiger partial charge is 0.364 e. The molecule has 1 atom stereocenters. The minimum Gasteiger partial charge on any atom is -0.364 e. The third-order valence-corrected chi connectivity index (χ3v) is 5.94. The van der Waals surface area contributed by atoms with Crippen molar-refractivity contribution >= 4 is 23.0 Å². The third-order valence-electron chi connectivity index (χ3n) is 5.94. The maximum Gasteiger partial charge on any atom is 0.317 e. The normalized spacial score (nSPS) is 18.5. The molecule has 10 nitrogen and oxygen atoms in total. The van der Waals surface area contributed by atoms with Crippen LogP contribution in [0.25, 0.3) is 22.6 Å². The molecule has 1 aliphatic carbocycles. The maximum absolute atomic E-state index is 12.4. The van der Waals surface area contributed by atoms with Gasteiger partial charge in [-0.05, 0) is 39.0 Å². The number of anilines is 1. The Labute approximate surface area is 180 Å². The molecule has 1 saturated carbocycles. The molecule has 2 fully saturated rings. The summed E-state index contributed by atoms with van der Waals surface area (Å²) in [5, 5.41) is 6.54. The topological polar surface area (TPSA) is 114 Å². The number of amides is 2. The second kappa shape index (κ2) is 8.09. The van der Waals surface area contributed by atoms with Crippen molar-refractivity contribution in [1.82, 2.24) is 39.7 Å². The third kappa shape index (κ3) is 4.01. The predicted octanol–water partition coefficient (Wildman–Crippen LogP) is 2.22. The second-order valence-electron chi connectivity index (χ2n) is 8.30. The number of carbonyl (C=O) groups excluding carboxylic acids is 1. The number of imidazole rings is 1. The van der Waals surface area contributed by atoms with Gasteiger partial charge in [-0.25, -0.2) is 29.7 Å². The van der Waals surface area contributed by atoms with Gasteiger partial charge in [0.1, 0.15) is 18.0 Å². The minimum absolute atomic E-state index is 0.0287. The van der Waals surface area contributed by atoms with Crippen LogP contribution in [-0.4, -0.2) is 66.1 Å². The number of aromatic nitrogens is 6. The molecule has 0 spiro atoms. The molecule has 2 aliphatic rings. The first-order valence-electron chi connectivity index (χ1n) is 10.9. The van der Waals surface area contributed by atoms with Gasteiger partial charge in [-0.15, -0.1) is 0 Å². The number of hydrogen-bond acceptors (Lipinski definition) is 7. The van der Waals surface area contributed by atoms with Crippen LogP contribution in [0, 0.1) is 12.8 Å². The molecule has 2 N–H and O–H groups in total. The Bertz CT molecular complexity index is 1090. The summed E-state index contributed by atoms with van der Waals surface area (Å²) in [6, 6.07) is 0.156. The van der Waals surface area contributed by atoms with Gasteiger partial charge < -0.3 is 20.1 Å². The van der Waals surface area contributed by atoms with Crippen LogP contribution in [0.3, 0.4) is 0 Å². The van der Waals surface area contributed by atoms with E-state index < -0.39 is 0 Å². The van der Waals surface area contributed by atoms with Crippen molar-refractivity contribution in [3.8, 4) is 11.4 Å². The van der Waals surface area contributed by atoms with Crippen molar-refractivity contribution < 1.29 is 4.79 Å². The Morgan fingerprint density at radius 1 is 1.16 bits per heavy atom. The lowest BCUT2D eigenvalue weighted by atomic mass is 10.2. The van der Waals surface area contributed by atoms with E-state index in [0.29, 0.717) is 24.8 Å². The van der Waals surface area contributed by atoms with Crippen molar-refractivity contribution in [3.05, 3.63) is 24.5 Å². The van der Waals surface area contributed by atoms with Crippen LogP contribution in [0.15, 0.2) is 18.7 Å². The molecule has 1 saturated heterocycles. The molecule has 10 heteroatoms. The lowest BCUT2D eigenvalue weighted by molar-refractivity contribution is 0.208. The molecule has 162 valence electrons. The zero-order valence-electron chi connectivity index (χ0n) is 17.9. The number of nitrogens with zero attached hydrogens (tertiary/aromatic N) is 7. The van der Waals surface area contributed by atoms with E-state index in [1.807, 2.05) is 16.4 Å². The van der Waals surface area contributed by atoms with Gasteiger partial charge >= 0.3 is 6.03 Å². The van der Waals surface area contributed by atoms with Crippen LogP contribution in [0.1, 0.15) is 32.0 Å². The lowest BCUT2D eigenvalue weighted by Crippen LogP contribution is -2.40. The van der Waals surface area contributed by atoms with Gasteiger partial charge in [-0.1, -0.05) is 0 Å². The van der Waals surface area contributed by atoms with Crippen molar-refractivity contribution in [1.29, 1.82) is 0 Å². The molecule has 3 aromatic heterocycles. The first-order valence-corrected chi connectivity index (χ1v) is 10.9. The number of carbonyl (C=O) groups is 1. The average molecular weight is 422 g/mol. The fraction of sp³-hybridized carbons (Fsp3) is 0.524. The average Bonchev–Trinajstić information content (AvgIpc) is 3.36. The number of nitrogens with one attached hydrogen (secondary N) is 2. The number of rotatable bonds is 6. The fourth-order valence-corrected chi connectivity index (χ4v) is 3.99. The molecule has 0 bridgehead atoms. The van der Waals surface area contributed by atoms with E-state index in [4.69, 9.17) is 4.98 Å². The highest BCUT2D eigenvalue weighted by Gasteiger charge is 2.29. The summed E-state index contributed by atoms with van der Waals surface area (Å²) in [5.74, 6) is 2.86. The first kappa shape index (κ1) is 19.7. The zero-order valence-corrected chi connectivity index (χ0v) is 17.9. The van der Waals surface area contributed by atoms with Crippen LogP contribution in [0.4, 0.5) is 10.6 Å². The highest BCUT2D eigenvalue weighted by molar-refractivity contribution is 5.86. The SMILES string of the molecule is CCn1c(-c2cnc(C)nc2)nc2c(NC3CCN(C(=O)NCC4CC4)C3)ncnc21. The summed E-state index contributed by atoms with van der Waals surface area (Å²) in [4.78, 5) is 36.6. The number of urea groups is 1. The summed E-state index contributed by atoms with van der Waals surface area (Å²) in [5.41, 5.74) is 2.33. The number of aryl methyl sites for hydroxylation is 2. The summed E-state index contributed by atoms with van der Waals surface area (Å²) in [6.45, 7) is 6.81. The highest BCUT2D eigenvalue weighted by Crippen LogP contribution is 2.28. The summed E-state index contributed by atoms with van der Waals surface area (Å²) < 4.78 is 2.04. The molecular formula is C21H27N9O. The van der Waals surface area contributed by atoms with Gasteiger partial charge in [0, 0.05) is 44.6 Å². The van der Waals surface area contributed by atoms with Crippen molar-refractivity contribution in [2.75, 3.05) is 25.0 Å². The molecular weight excluding hydrogens is 394 g/mol. The molecule has 5 rings (SSSR count). The summed E-state index contributed by atoms with van der Waals surface area (Å²) >= 11 is 0. The summed E-state index contributed by atoms with van der Waals surface area (Å²) in [7, 11) is 0. The van der Waals surface area contributed by atoms with Gasteiger partial charge in [0.05, 0.1) is 5.56 Å². The number of fused-ring (bicyclic) bond motifs is 1. The Kier molecular flexibility index (Phi) is 5.13. The van der Waals surface area contributed by atoms with Gasteiger partial charge in [0.25, 0.3) is 0 Å². The molecule has 4 heterocycles. The van der Waals surface area contributed by atoms with Crippen LogP contribution in [-0.2, 0) is 6.54 Å². The van der Waals surface area contributed by atoms with E-state index in [1.54, 1.807) is 18.7 Å². The van der Waals surface area contributed by atoms with Crippen LogP contribution >= 0.6 is 0 Å². The smallest absolute Gasteiger partial charge is 0.317 e. The number of likely N-dealkylation sites (tertiary alicyclic amines) is 1. The molecule has 1 unspecified atom stereocenters. The quantitative estimate of drug-likeness (QED) is 0.627. The Morgan fingerprint density at radius 2 is 1.97 bits per heavy atom. The van der Waals surface area contributed by atoms with Gasteiger partial charge in [0.2, 0.25) is 0 Å².